The van der Waals surface area contributed by atoms with Crippen molar-refractivity contribution in [3.05, 3.63) is 0 Å². The van der Waals surface area contributed by atoms with Crippen molar-refractivity contribution in [1.29, 1.82) is 0 Å². The summed E-state index contributed by atoms with van der Waals surface area (Å²) in [6, 6.07) is 0.457. The number of carbonyl (C=O) groups excluding carboxylic acids is 1. The normalized spacial score (nSPS) is 27.6. The van der Waals surface area contributed by atoms with Crippen LogP contribution in [-0.4, -0.2) is 83.4 Å². The molecule has 3 aliphatic heterocycles. The first-order valence-corrected chi connectivity index (χ1v) is 10.1. The molecule has 0 aromatic carbocycles. The number of ether oxygens (including phenoxy) is 1. The van der Waals surface area contributed by atoms with Crippen LogP contribution < -0.4 is 0 Å². The number of hydrogen-bond donors (Lipinski definition) is 1. The summed E-state index contributed by atoms with van der Waals surface area (Å²) in [6.45, 7) is 6.14. The van der Waals surface area contributed by atoms with Crippen LogP contribution in [0.4, 0.5) is 9.59 Å². The standard InChI is InChI=1S/C19H33N3O4/c1-3-4-5-15-14-20(2)18(25)26-19(15)8-12-21(13-9-19)16-6-10-22(11-7-16)17(23)24/h15-16H,3-14H2,1-2H3,(H,23,24). The Kier molecular flexibility index (Phi) is 5.95. The highest BCUT2D eigenvalue weighted by atomic mass is 16.6. The SMILES string of the molecule is CCCCC1CN(C)C(=O)OC12CCN(C1CCN(C(=O)O)CC1)CC2. The van der Waals surface area contributed by atoms with Crippen LogP contribution in [0, 0.1) is 5.92 Å². The number of likely N-dealkylation sites (tertiary alicyclic amines) is 2. The van der Waals surface area contributed by atoms with Crippen LogP contribution in [0.1, 0.15) is 51.9 Å². The van der Waals surface area contributed by atoms with E-state index < -0.39 is 6.09 Å². The van der Waals surface area contributed by atoms with Crippen LogP contribution in [0.5, 0.6) is 0 Å². The van der Waals surface area contributed by atoms with Crippen molar-refractivity contribution in [2.45, 2.75) is 63.5 Å². The molecular weight excluding hydrogens is 334 g/mol. The topological polar surface area (TPSA) is 73.3 Å². The molecule has 0 aromatic heterocycles. The molecular formula is C19H33N3O4. The zero-order chi connectivity index (χ0) is 18.7. The third kappa shape index (κ3) is 3.92. The number of amides is 2. The van der Waals surface area contributed by atoms with E-state index in [1.54, 1.807) is 4.90 Å². The highest BCUT2D eigenvalue weighted by Gasteiger charge is 2.49. The van der Waals surface area contributed by atoms with Crippen molar-refractivity contribution in [3.63, 3.8) is 0 Å². The Labute approximate surface area is 156 Å². The third-order valence-electron chi connectivity index (χ3n) is 6.64. The molecule has 148 valence electrons. The second-order valence-electron chi connectivity index (χ2n) is 8.19. The smallest absolute Gasteiger partial charge is 0.410 e. The summed E-state index contributed by atoms with van der Waals surface area (Å²) in [5.74, 6) is 0.418. The van der Waals surface area contributed by atoms with E-state index in [1.165, 1.54) is 17.7 Å². The van der Waals surface area contributed by atoms with E-state index in [4.69, 9.17) is 9.84 Å². The molecule has 7 nitrogen and oxygen atoms in total. The van der Waals surface area contributed by atoms with Gasteiger partial charge in [-0.15, -0.1) is 0 Å². The Morgan fingerprint density at radius 1 is 1.23 bits per heavy atom. The van der Waals surface area contributed by atoms with Crippen molar-refractivity contribution < 1.29 is 19.4 Å². The van der Waals surface area contributed by atoms with Crippen molar-refractivity contribution in [1.82, 2.24) is 14.7 Å². The largest absolute Gasteiger partial charge is 0.465 e. The lowest BCUT2D eigenvalue weighted by atomic mass is 9.75. The predicted molar refractivity (Wildman–Crippen MR) is 98.3 cm³/mol. The maximum absolute atomic E-state index is 12.2. The van der Waals surface area contributed by atoms with Gasteiger partial charge in [0.1, 0.15) is 5.60 Å². The highest BCUT2D eigenvalue weighted by Crippen LogP contribution is 2.41. The molecule has 1 N–H and O–H groups in total. The van der Waals surface area contributed by atoms with Crippen LogP contribution in [-0.2, 0) is 4.74 Å². The van der Waals surface area contributed by atoms with Gasteiger partial charge in [-0.05, 0) is 19.3 Å². The van der Waals surface area contributed by atoms with E-state index in [9.17, 15) is 9.59 Å². The predicted octanol–water partition coefficient (Wildman–Crippen LogP) is 2.85. The maximum Gasteiger partial charge on any atom is 0.410 e. The molecule has 3 fully saturated rings. The number of rotatable bonds is 4. The molecule has 0 radical (unpaired) electrons. The van der Waals surface area contributed by atoms with Gasteiger partial charge >= 0.3 is 12.2 Å². The fourth-order valence-electron chi connectivity index (χ4n) is 4.91. The molecule has 0 aromatic rings. The van der Waals surface area contributed by atoms with E-state index in [0.29, 0.717) is 25.0 Å². The van der Waals surface area contributed by atoms with Gasteiger partial charge in [0.25, 0.3) is 0 Å². The molecule has 3 rings (SSSR count). The molecule has 0 aliphatic carbocycles. The van der Waals surface area contributed by atoms with E-state index in [-0.39, 0.29) is 11.7 Å². The first-order valence-electron chi connectivity index (χ1n) is 10.1. The molecule has 1 spiro atoms. The van der Waals surface area contributed by atoms with Gasteiger partial charge in [-0.3, -0.25) is 4.90 Å². The van der Waals surface area contributed by atoms with E-state index in [1.807, 2.05) is 7.05 Å². The third-order valence-corrected chi connectivity index (χ3v) is 6.64. The Balaban J connectivity index is 1.58. The second-order valence-corrected chi connectivity index (χ2v) is 8.19. The minimum absolute atomic E-state index is 0.180. The summed E-state index contributed by atoms with van der Waals surface area (Å²) >= 11 is 0. The Hall–Kier alpha value is -1.50. The van der Waals surface area contributed by atoms with Gasteiger partial charge in [0.15, 0.2) is 0 Å². The lowest BCUT2D eigenvalue weighted by molar-refractivity contribution is -0.122. The van der Waals surface area contributed by atoms with Gasteiger partial charge in [-0.2, -0.15) is 0 Å². The summed E-state index contributed by atoms with van der Waals surface area (Å²) in [4.78, 5) is 29.0. The fourth-order valence-corrected chi connectivity index (χ4v) is 4.91. The zero-order valence-corrected chi connectivity index (χ0v) is 16.2. The van der Waals surface area contributed by atoms with Crippen LogP contribution in [0.3, 0.4) is 0 Å². The number of unbranched alkanes of at least 4 members (excludes halogenated alkanes) is 1. The van der Waals surface area contributed by atoms with Gasteiger partial charge in [0.05, 0.1) is 0 Å². The molecule has 26 heavy (non-hydrogen) atoms. The lowest BCUT2D eigenvalue weighted by Gasteiger charge is -2.51. The quantitative estimate of drug-likeness (QED) is 0.827. The number of hydrogen-bond acceptors (Lipinski definition) is 4. The molecule has 0 saturated carbocycles. The monoisotopic (exact) mass is 367 g/mol. The van der Waals surface area contributed by atoms with Crippen molar-refractivity contribution in [2.24, 2.45) is 5.92 Å². The van der Waals surface area contributed by atoms with Crippen LogP contribution in [0.15, 0.2) is 0 Å². The van der Waals surface area contributed by atoms with Crippen molar-refractivity contribution in [2.75, 3.05) is 39.8 Å². The Morgan fingerprint density at radius 2 is 1.88 bits per heavy atom. The summed E-state index contributed by atoms with van der Waals surface area (Å²) in [5.41, 5.74) is -0.295. The maximum atomic E-state index is 12.2. The molecule has 3 heterocycles. The fraction of sp³-hybridized carbons (Fsp3) is 0.895. The van der Waals surface area contributed by atoms with Crippen molar-refractivity contribution >= 4 is 12.2 Å². The average molecular weight is 367 g/mol. The van der Waals surface area contributed by atoms with Gasteiger partial charge < -0.3 is 19.6 Å². The number of carboxylic acid groups (broad SMARTS) is 1. The van der Waals surface area contributed by atoms with E-state index in [2.05, 4.69) is 11.8 Å². The number of piperidine rings is 2. The second kappa shape index (κ2) is 8.03. The lowest BCUT2D eigenvalue weighted by Crippen LogP contribution is -2.60. The Bertz CT molecular complexity index is 511. The van der Waals surface area contributed by atoms with Crippen molar-refractivity contribution in [3.8, 4) is 0 Å². The number of carbonyl (C=O) groups is 2. The summed E-state index contributed by atoms with van der Waals surface area (Å²) in [7, 11) is 1.83. The minimum atomic E-state index is -0.807. The first-order chi connectivity index (χ1) is 12.4. The summed E-state index contributed by atoms with van der Waals surface area (Å²) in [6.07, 6.45) is 6.08. The highest BCUT2D eigenvalue weighted by molar-refractivity contribution is 5.69. The van der Waals surface area contributed by atoms with E-state index >= 15 is 0 Å². The van der Waals surface area contributed by atoms with Crippen LogP contribution >= 0.6 is 0 Å². The number of nitrogens with zero attached hydrogens (tertiary/aromatic N) is 3. The molecule has 1 atom stereocenters. The average Bonchev–Trinajstić information content (AvgIpc) is 2.64. The van der Waals surface area contributed by atoms with Crippen LogP contribution in [0.25, 0.3) is 0 Å². The molecule has 3 aliphatic rings. The molecule has 3 saturated heterocycles. The van der Waals surface area contributed by atoms with Crippen LogP contribution in [0.2, 0.25) is 0 Å². The first kappa shape index (κ1) is 19.3. The molecule has 0 bridgehead atoms. The minimum Gasteiger partial charge on any atom is -0.465 e. The van der Waals surface area contributed by atoms with E-state index in [0.717, 1.165) is 51.7 Å². The summed E-state index contributed by atoms with van der Waals surface area (Å²) in [5, 5.41) is 9.11. The molecule has 1 unspecified atom stereocenters. The summed E-state index contributed by atoms with van der Waals surface area (Å²) < 4.78 is 6.00. The Morgan fingerprint density at radius 3 is 2.46 bits per heavy atom. The van der Waals surface area contributed by atoms with Gasteiger partial charge in [-0.25, -0.2) is 9.59 Å². The van der Waals surface area contributed by atoms with Gasteiger partial charge in [-0.1, -0.05) is 19.8 Å². The van der Waals surface area contributed by atoms with Gasteiger partial charge in [0, 0.05) is 64.6 Å². The zero-order valence-electron chi connectivity index (χ0n) is 16.2. The van der Waals surface area contributed by atoms with Gasteiger partial charge in [0.2, 0.25) is 0 Å². The molecule has 2 amide bonds. The molecule has 7 heteroatoms.